The van der Waals surface area contributed by atoms with Crippen LogP contribution in [0.2, 0.25) is 0 Å². The van der Waals surface area contributed by atoms with E-state index in [0.717, 1.165) is 17.2 Å². The van der Waals surface area contributed by atoms with Crippen LogP contribution >= 0.6 is 0 Å². The molecule has 1 aromatic heterocycles. The molecule has 0 saturated carbocycles. The summed E-state index contributed by atoms with van der Waals surface area (Å²) in [6.07, 6.45) is 1.75. The lowest BCUT2D eigenvalue weighted by atomic mass is 10.1. The van der Waals surface area contributed by atoms with Crippen molar-refractivity contribution in [2.24, 2.45) is 0 Å². The van der Waals surface area contributed by atoms with Crippen LogP contribution in [0.25, 0.3) is 11.4 Å². The molecule has 1 aliphatic heterocycles. The maximum atomic E-state index is 12.5. The molecule has 0 bridgehead atoms. The number of halogens is 3. The minimum absolute atomic E-state index is 0.206. The summed E-state index contributed by atoms with van der Waals surface area (Å²) in [6, 6.07) is 4.52. The first-order chi connectivity index (χ1) is 10.4. The summed E-state index contributed by atoms with van der Waals surface area (Å²) in [5.41, 5.74) is -0.309. The van der Waals surface area contributed by atoms with Gasteiger partial charge in [0.2, 0.25) is 11.7 Å². The van der Waals surface area contributed by atoms with Gasteiger partial charge in [0.25, 0.3) is 0 Å². The summed E-state index contributed by atoms with van der Waals surface area (Å²) in [4.78, 5) is 4.16. The number of benzene rings is 1. The molecule has 3 rings (SSSR count). The zero-order chi connectivity index (χ0) is 15.7. The van der Waals surface area contributed by atoms with Crippen molar-refractivity contribution in [2.45, 2.75) is 12.1 Å². The number of rotatable bonds is 2. The summed E-state index contributed by atoms with van der Waals surface area (Å²) < 4.78 is 42.6. The van der Waals surface area contributed by atoms with Gasteiger partial charge in [0.05, 0.1) is 11.5 Å². The van der Waals surface area contributed by atoms with Gasteiger partial charge in [-0.3, -0.25) is 5.21 Å². The van der Waals surface area contributed by atoms with Gasteiger partial charge in [-0.15, -0.1) is 0 Å². The van der Waals surface area contributed by atoms with Crippen LogP contribution in [0.15, 0.2) is 53.3 Å². The average Bonchev–Trinajstić information content (AvgIpc) is 2.97. The average molecular weight is 309 g/mol. The van der Waals surface area contributed by atoms with Crippen LogP contribution < -0.4 is 0 Å². The van der Waals surface area contributed by atoms with Crippen LogP contribution in [0.4, 0.5) is 13.2 Å². The Morgan fingerprint density at radius 2 is 1.73 bits per heavy atom. The van der Waals surface area contributed by atoms with E-state index in [2.05, 4.69) is 10.1 Å². The molecule has 5 nitrogen and oxygen atoms in total. The predicted octanol–water partition coefficient (Wildman–Crippen LogP) is 3.57. The second kappa shape index (κ2) is 5.30. The van der Waals surface area contributed by atoms with Crippen LogP contribution in [-0.4, -0.2) is 20.4 Å². The zero-order valence-corrected chi connectivity index (χ0v) is 11.0. The van der Waals surface area contributed by atoms with Gasteiger partial charge >= 0.3 is 6.18 Å². The fourth-order valence-corrected chi connectivity index (χ4v) is 1.94. The molecule has 0 saturated heterocycles. The first-order valence-corrected chi connectivity index (χ1v) is 6.28. The van der Waals surface area contributed by atoms with Crippen LogP contribution in [-0.2, 0) is 6.18 Å². The van der Waals surface area contributed by atoms with E-state index < -0.39 is 11.7 Å². The second-order valence-corrected chi connectivity index (χ2v) is 4.62. The van der Waals surface area contributed by atoms with E-state index in [0.29, 0.717) is 5.56 Å². The molecular weight excluding hydrogens is 299 g/mol. The zero-order valence-electron chi connectivity index (χ0n) is 11.0. The third-order valence-electron chi connectivity index (χ3n) is 3.09. The Hall–Kier alpha value is -2.61. The SMILES string of the molecule is ON1C=CC(c2nc(-c3ccc(C(F)(F)F)cc3)no2)C=C1. The minimum atomic E-state index is -4.38. The third-order valence-corrected chi connectivity index (χ3v) is 3.09. The molecule has 1 aliphatic rings. The smallest absolute Gasteiger partial charge is 0.338 e. The molecule has 0 radical (unpaired) electrons. The molecule has 1 N–H and O–H groups in total. The topological polar surface area (TPSA) is 62.4 Å². The molecule has 2 aromatic rings. The maximum Gasteiger partial charge on any atom is 0.416 e. The fourth-order valence-electron chi connectivity index (χ4n) is 1.94. The summed E-state index contributed by atoms with van der Waals surface area (Å²) in [5, 5.41) is 13.8. The molecular formula is C14H10F3N3O2. The van der Waals surface area contributed by atoms with Gasteiger partial charge < -0.3 is 4.52 Å². The van der Waals surface area contributed by atoms with Crippen LogP contribution in [0, 0.1) is 0 Å². The molecule has 1 aromatic carbocycles. The molecule has 0 fully saturated rings. The lowest BCUT2D eigenvalue weighted by Gasteiger charge is -2.12. The Bertz CT molecular complexity index is 706. The Morgan fingerprint density at radius 3 is 2.32 bits per heavy atom. The predicted molar refractivity (Wildman–Crippen MR) is 69.4 cm³/mol. The van der Waals surface area contributed by atoms with Gasteiger partial charge in [0, 0.05) is 18.0 Å². The number of hydroxylamine groups is 2. The number of hydrogen-bond acceptors (Lipinski definition) is 5. The molecule has 0 amide bonds. The van der Waals surface area contributed by atoms with Crippen molar-refractivity contribution < 1.29 is 22.9 Å². The van der Waals surface area contributed by atoms with Crippen molar-refractivity contribution in [1.82, 2.24) is 15.2 Å². The molecule has 0 atom stereocenters. The van der Waals surface area contributed by atoms with Crippen molar-refractivity contribution in [1.29, 1.82) is 0 Å². The van der Waals surface area contributed by atoms with Crippen molar-refractivity contribution in [3.8, 4) is 11.4 Å². The first kappa shape index (κ1) is 14.3. The van der Waals surface area contributed by atoms with Crippen LogP contribution in [0.5, 0.6) is 0 Å². The van der Waals surface area contributed by atoms with Gasteiger partial charge in [-0.05, 0) is 24.3 Å². The molecule has 114 valence electrons. The van der Waals surface area contributed by atoms with E-state index >= 15 is 0 Å². The molecule has 0 unspecified atom stereocenters. The van der Waals surface area contributed by atoms with E-state index in [9.17, 15) is 13.2 Å². The van der Waals surface area contributed by atoms with E-state index in [-0.39, 0.29) is 17.6 Å². The van der Waals surface area contributed by atoms with Gasteiger partial charge in [-0.1, -0.05) is 17.3 Å². The van der Waals surface area contributed by atoms with E-state index in [1.807, 2.05) is 0 Å². The van der Waals surface area contributed by atoms with E-state index in [1.54, 1.807) is 12.2 Å². The number of allylic oxidation sites excluding steroid dienone is 2. The van der Waals surface area contributed by atoms with E-state index in [1.165, 1.54) is 24.5 Å². The molecule has 0 aliphatic carbocycles. The van der Waals surface area contributed by atoms with Crippen LogP contribution in [0.1, 0.15) is 17.4 Å². The minimum Gasteiger partial charge on any atom is -0.338 e. The summed E-state index contributed by atoms with van der Waals surface area (Å²) in [7, 11) is 0. The number of aromatic nitrogens is 2. The highest BCUT2D eigenvalue weighted by Crippen LogP contribution is 2.31. The van der Waals surface area contributed by atoms with Crippen molar-refractivity contribution in [3.05, 3.63) is 60.3 Å². The molecule has 22 heavy (non-hydrogen) atoms. The van der Waals surface area contributed by atoms with Crippen molar-refractivity contribution >= 4 is 0 Å². The lowest BCUT2D eigenvalue weighted by Crippen LogP contribution is -2.08. The Balaban J connectivity index is 1.82. The normalized spacial score (nSPS) is 15.5. The largest absolute Gasteiger partial charge is 0.416 e. The monoisotopic (exact) mass is 309 g/mol. The fraction of sp³-hybridized carbons (Fsp3) is 0.143. The highest BCUT2D eigenvalue weighted by molar-refractivity contribution is 5.55. The highest BCUT2D eigenvalue weighted by atomic mass is 19.4. The number of nitrogens with zero attached hydrogens (tertiary/aromatic N) is 3. The second-order valence-electron chi connectivity index (χ2n) is 4.62. The summed E-state index contributed by atoms with van der Waals surface area (Å²) in [6.45, 7) is 0. The van der Waals surface area contributed by atoms with Gasteiger partial charge in [0.15, 0.2) is 0 Å². The Kier molecular flexibility index (Phi) is 3.45. The molecule has 8 heteroatoms. The first-order valence-electron chi connectivity index (χ1n) is 6.28. The Morgan fingerprint density at radius 1 is 1.09 bits per heavy atom. The van der Waals surface area contributed by atoms with Crippen molar-refractivity contribution in [3.63, 3.8) is 0 Å². The quantitative estimate of drug-likeness (QED) is 0.919. The lowest BCUT2D eigenvalue weighted by molar-refractivity contribution is -0.137. The summed E-state index contributed by atoms with van der Waals surface area (Å²) >= 11 is 0. The molecule has 2 heterocycles. The van der Waals surface area contributed by atoms with Gasteiger partial charge in [0.1, 0.15) is 0 Å². The summed E-state index contributed by atoms with van der Waals surface area (Å²) in [5.74, 6) is 0.201. The number of hydrogen-bond donors (Lipinski definition) is 1. The van der Waals surface area contributed by atoms with Gasteiger partial charge in [-0.25, -0.2) is 5.06 Å². The standard InChI is InChI=1S/C14H10F3N3O2/c15-14(16,17)11-3-1-9(2-4-11)12-18-13(22-19-12)10-5-7-20(21)8-6-10/h1-8,10,21H. The Labute approximate surface area is 122 Å². The number of alkyl halides is 3. The van der Waals surface area contributed by atoms with Crippen molar-refractivity contribution in [2.75, 3.05) is 0 Å². The van der Waals surface area contributed by atoms with Gasteiger partial charge in [-0.2, -0.15) is 18.2 Å². The maximum absolute atomic E-state index is 12.5. The highest BCUT2D eigenvalue weighted by Gasteiger charge is 2.30. The van der Waals surface area contributed by atoms with E-state index in [4.69, 9.17) is 9.73 Å². The molecule has 0 spiro atoms. The van der Waals surface area contributed by atoms with Crippen LogP contribution in [0.3, 0.4) is 0 Å². The third kappa shape index (κ3) is 2.86.